The van der Waals surface area contributed by atoms with Gasteiger partial charge in [-0.3, -0.25) is 0 Å². The molecule has 2 aromatic carbocycles. The largest absolute Gasteiger partial charge is 0.240 e. The van der Waals surface area contributed by atoms with E-state index in [1.54, 1.807) is 30.3 Å². The number of thioether (sulfide) groups is 1. The molecular formula is C16H15N3O2S2. The van der Waals surface area contributed by atoms with E-state index in [4.69, 9.17) is 0 Å². The van der Waals surface area contributed by atoms with E-state index in [1.807, 2.05) is 24.3 Å². The SMILES string of the molecule is O=S(=O)(NCCSc1ncnc2ccccc12)c1ccccc1. The standard InChI is InChI=1S/C16H15N3O2S2/c20-23(21,13-6-2-1-3-7-13)19-10-11-22-16-14-8-4-5-9-15(14)17-12-18-16/h1-9,12,19H,10-11H2. The summed E-state index contributed by atoms with van der Waals surface area (Å²) >= 11 is 1.51. The van der Waals surface area contributed by atoms with Crippen LogP contribution >= 0.6 is 11.8 Å². The molecule has 0 radical (unpaired) electrons. The van der Waals surface area contributed by atoms with Crippen molar-refractivity contribution in [3.05, 3.63) is 60.9 Å². The Morgan fingerprint density at radius 1 is 0.957 bits per heavy atom. The fraction of sp³-hybridized carbons (Fsp3) is 0.125. The maximum Gasteiger partial charge on any atom is 0.240 e. The summed E-state index contributed by atoms with van der Waals surface area (Å²) in [6, 6.07) is 16.1. The number of sulfonamides is 1. The van der Waals surface area contributed by atoms with E-state index in [-0.39, 0.29) is 4.90 Å². The van der Waals surface area contributed by atoms with Gasteiger partial charge in [-0.05, 0) is 18.2 Å². The molecule has 0 unspecified atom stereocenters. The van der Waals surface area contributed by atoms with Crippen LogP contribution in [0.5, 0.6) is 0 Å². The molecule has 5 nitrogen and oxygen atoms in total. The van der Waals surface area contributed by atoms with E-state index in [2.05, 4.69) is 14.7 Å². The monoisotopic (exact) mass is 345 g/mol. The fourth-order valence-corrected chi connectivity index (χ4v) is 4.13. The van der Waals surface area contributed by atoms with E-state index >= 15 is 0 Å². The van der Waals surface area contributed by atoms with Crippen molar-refractivity contribution in [1.82, 2.24) is 14.7 Å². The summed E-state index contributed by atoms with van der Waals surface area (Å²) < 4.78 is 26.8. The van der Waals surface area contributed by atoms with Gasteiger partial charge in [0.15, 0.2) is 0 Å². The highest BCUT2D eigenvalue weighted by Crippen LogP contribution is 2.23. The summed E-state index contributed by atoms with van der Waals surface area (Å²) in [5.41, 5.74) is 0.884. The van der Waals surface area contributed by atoms with Crippen molar-refractivity contribution in [2.45, 2.75) is 9.92 Å². The molecule has 0 fully saturated rings. The highest BCUT2D eigenvalue weighted by atomic mass is 32.2. The van der Waals surface area contributed by atoms with Crippen molar-refractivity contribution in [3.63, 3.8) is 0 Å². The Balaban J connectivity index is 1.62. The molecule has 0 atom stereocenters. The smallest absolute Gasteiger partial charge is 0.236 e. The Hall–Kier alpha value is -1.96. The van der Waals surface area contributed by atoms with Crippen molar-refractivity contribution in [1.29, 1.82) is 0 Å². The number of hydrogen-bond acceptors (Lipinski definition) is 5. The summed E-state index contributed by atoms with van der Waals surface area (Å²) in [5, 5.41) is 1.83. The van der Waals surface area contributed by atoms with Crippen molar-refractivity contribution in [3.8, 4) is 0 Å². The summed E-state index contributed by atoms with van der Waals surface area (Å²) in [6.07, 6.45) is 1.53. The second kappa shape index (κ2) is 7.08. The van der Waals surface area contributed by atoms with Crippen LogP contribution in [-0.2, 0) is 10.0 Å². The number of rotatable bonds is 6. The van der Waals surface area contributed by atoms with Crippen LogP contribution in [0.3, 0.4) is 0 Å². The van der Waals surface area contributed by atoms with E-state index in [1.165, 1.54) is 18.1 Å². The molecule has 0 saturated heterocycles. The van der Waals surface area contributed by atoms with Crippen LogP contribution in [0.15, 0.2) is 70.8 Å². The van der Waals surface area contributed by atoms with Crippen LogP contribution in [0.25, 0.3) is 10.9 Å². The van der Waals surface area contributed by atoms with Gasteiger partial charge in [0.05, 0.1) is 10.4 Å². The van der Waals surface area contributed by atoms with E-state index in [0.717, 1.165) is 15.9 Å². The van der Waals surface area contributed by atoms with Crippen LogP contribution in [-0.4, -0.2) is 30.7 Å². The summed E-state index contributed by atoms with van der Waals surface area (Å²) in [4.78, 5) is 8.76. The molecule has 0 aliphatic heterocycles. The lowest BCUT2D eigenvalue weighted by atomic mass is 10.2. The van der Waals surface area contributed by atoms with Gasteiger partial charge >= 0.3 is 0 Å². The Bertz CT molecular complexity index is 894. The molecule has 7 heteroatoms. The van der Waals surface area contributed by atoms with Gasteiger partial charge < -0.3 is 0 Å². The molecule has 0 spiro atoms. The van der Waals surface area contributed by atoms with Crippen LogP contribution in [0, 0.1) is 0 Å². The molecule has 1 aromatic heterocycles. The number of hydrogen-bond donors (Lipinski definition) is 1. The number of aromatic nitrogens is 2. The van der Waals surface area contributed by atoms with Crippen molar-refractivity contribution >= 4 is 32.7 Å². The minimum Gasteiger partial charge on any atom is -0.236 e. The highest BCUT2D eigenvalue weighted by molar-refractivity contribution is 7.99. The van der Waals surface area contributed by atoms with E-state index < -0.39 is 10.0 Å². The van der Waals surface area contributed by atoms with Crippen molar-refractivity contribution in [2.24, 2.45) is 0 Å². The molecule has 0 saturated carbocycles. The normalized spacial score (nSPS) is 11.7. The van der Waals surface area contributed by atoms with Gasteiger partial charge in [-0.2, -0.15) is 0 Å². The second-order valence-corrected chi connectivity index (χ2v) is 7.61. The van der Waals surface area contributed by atoms with Gasteiger partial charge in [0.25, 0.3) is 0 Å². The molecule has 118 valence electrons. The first-order valence-electron chi connectivity index (χ1n) is 7.04. The van der Waals surface area contributed by atoms with Crippen molar-refractivity contribution < 1.29 is 8.42 Å². The van der Waals surface area contributed by atoms with E-state index in [0.29, 0.717) is 12.3 Å². The van der Waals surface area contributed by atoms with Crippen LogP contribution < -0.4 is 4.72 Å². The number of fused-ring (bicyclic) bond motifs is 1. The Morgan fingerprint density at radius 3 is 2.52 bits per heavy atom. The Labute approximate surface area is 139 Å². The highest BCUT2D eigenvalue weighted by Gasteiger charge is 2.12. The summed E-state index contributed by atoms with van der Waals surface area (Å²) in [6.45, 7) is 0.334. The lowest BCUT2D eigenvalue weighted by Gasteiger charge is -2.07. The molecule has 3 aromatic rings. The van der Waals surface area contributed by atoms with Gasteiger partial charge in [-0.25, -0.2) is 23.1 Å². The van der Waals surface area contributed by atoms with Crippen LogP contribution in [0.1, 0.15) is 0 Å². The first-order valence-corrected chi connectivity index (χ1v) is 9.51. The molecule has 0 aliphatic carbocycles. The maximum absolute atomic E-state index is 12.1. The number of para-hydroxylation sites is 1. The molecule has 0 aliphatic rings. The molecule has 1 N–H and O–H groups in total. The topological polar surface area (TPSA) is 72.0 Å². The Kier molecular flexibility index (Phi) is 4.90. The molecule has 1 heterocycles. The third-order valence-electron chi connectivity index (χ3n) is 3.19. The molecule has 23 heavy (non-hydrogen) atoms. The molecule has 0 bridgehead atoms. The zero-order valence-electron chi connectivity index (χ0n) is 12.2. The molecular weight excluding hydrogens is 330 g/mol. The zero-order valence-corrected chi connectivity index (χ0v) is 13.8. The minimum atomic E-state index is -3.45. The van der Waals surface area contributed by atoms with Gasteiger partial charge in [0, 0.05) is 17.7 Å². The third kappa shape index (κ3) is 3.87. The molecule has 3 rings (SSSR count). The van der Waals surface area contributed by atoms with Crippen LogP contribution in [0.4, 0.5) is 0 Å². The first kappa shape index (κ1) is 15.9. The predicted molar refractivity (Wildman–Crippen MR) is 91.9 cm³/mol. The van der Waals surface area contributed by atoms with Crippen LogP contribution in [0.2, 0.25) is 0 Å². The predicted octanol–water partition coefficient (Wildman–Crippen LogP) is 2.70. The summed E-state index contributed by atoms with van der Waals surface area (Å²) in [7, 11) is -3.45. The van der Waals surface area contributed by atoms with Gasteiger partial charge in [0.1, 0.15) is 11.4 Å². The average Bonchev–Trinajstić information content (AvgIpc) is 2.59. The first-order chi connectivity index (χ1) is 11.2. The van der Waals surface area contributed by atoms with Gasteiger partial charge in [-0.1, -0.05) is 36.4 Å². The second-order valence-electron chi connectivity index (χ2n) is 4.76. The number of benzene rings is 2. The lowest BCUT2D eigenvalue weighted by Crippen LogP contribution is -2.26. The number of nitrogens with one attached hydrogen (secondary N) is 1. The fourth-order valence-electron chi connectivity index (χ4n) is 2.10. The number of nitrogens with zero attached hydrogens (tertiary/aromatic N) is 2. The van der Waals surface area contributed by atoms with E-state index in [9.17, 15) is 8.42 Å². The quantitative estimate of drug-likeness (QED) is 0.422. The average molecular weight is 345 g/mol. The third-order valence-corrected chi connectivity index (χ3v) is 5.68. The molecule has 0 amide bonds. The maximum atomic E-state index is 12.1. The van der Waals surface area contributed by atoms with Crippen molar-refractivity contribution in [2.75, 3.05) is 12.3 Å². The summed E-state index contributed by atoms with van der Waals surface area (Å²) in [5.74, 6) is 0.590. The van der Waals surface area contributed by atoms with Gasteiger partial charge in [0.2, 0.25) is 10.0 Å². The lowest BCUT2D eigenvalue weighted by molar-refractivity contribution is 0.584. The minimum absolute atomic E-state index is 0.275. The zero-order chi connectivity index (χ0) is 16.1. The van der Waals surface area contributed by atoms with Gasteiger partial charge in [-0.15, -0.1) is 11.8 Å². The Morgan fingerprint density at radius 2 is 1.70 bits per heavy atom.